The van der Waals surface area contributed by atoms with Gasteiger partial charge in [0.15, 0.2) is 0 Å². The first-order valence-corrected chi connectivity index (χ1v) is 7.86. The van der Waals surface area contributed by atoms with E-state index in [2.05, 4.69) is 5.32 Å². The van der Waals surface area contributed by atoms with Gasteiger partial charge < -0.3 is 15.5 Å². The summed E-state index contributed by atoms with van der Waals surface area (Å²) >= 11 is 0. The molecule has 5 atom stereocenters. The second kappa shape index (κ2) is 4.62. The molecule has 3 aliphatic rings. The van der Waals surface area contributed by atoms with Crippen LogP contribution in [0.25, 0.3) is 0 Å². The molecule has 0 radical (unpaired) electrons. The predicted molar refractivity (Wildman–Crippen MR) is 74.8 cm³/mol. The Labute approximate surface area is 119 Å². The van der Waals surface area contributed by atoms with Crippen molar-refractivity contribution in [1.29, 1.82) is 0 Å². The van der Waals surface area contributed by atoms with Crippen LogP contribution in [0.4, 0.5) is 0 Å². The van der Waals surface area contributed by atoms with Crippen molar-refractivity contribution in [2.24, 2.45) is 23.5 Å². The van der Waals surface area contributed by atoms with E-state index < -0.39 is 0 Å². The summed E-state index contributed by atoms with van der Waals surface area (Å²) in [5.74, 6) is 2.34. The molecule has 2 saturated carbocycles. The second-order valence-corrected chi connectivity index (χ2v) is 6.69. The summed E-state index contributed by atoms with van der Waals surface area (Å²) in [6.45, 7) is 0. The van der Waals surface area contributed by atoms with Crippen molar-refractivity contribution >= 4 is 5.91 Å². The summed E-state index contributed by atoms with van der Waals surface area (Å²) in [4.78, 5) is 12.6. The molecule has 108 valence electrons. The molecule has 1 aromatic rings. The maximum Gasteiger partial charge on any atom is 0.225 e. The minimum atomic E-state index is 0.0334. The smallest absolute Gasteiger partial charge is 0.225 e. The number of rotatable bonds is 2. The van der Waals surface area contributed by atoms with Gasteiger partial charge in [-0.1, -0.05) is 0 Å². The first-order valence-electron chi connectivity index (χ1n) is 7.86. The molecular weight excluding hydrogens is 252 g/mol. The molecule has 0 aliphatic heterocycles. The first kappa shape index (κ1) is 12.5. The zero-order chi connectivity index (χ0) is 13.7. The van der Waals surface area contributed by atoms with E-state index in [9.17, 15) is 4.79 Å². The van der Waals surface area contributed by atoms with E-state index in [4.69, 9.17) is 10.2 Å². The molecule has 2 fully saturated rings. The van der Waals surface area contributed by atoms with Crippen LogP contribution in [0, 0.1) is 17.8 Å². The summed E-state index contributed by atoms with van der Waals surface area (Å²) in [5.41, 5.74) is 7.43. The van der Waals surface area contributed by atoms with Crippen LogP contribution in [0.15, 0.2) is 16.7 Å². The minimum absolute atomic E-state index is 0.0334. The molecule has 1 aromatic heterocycles. The third kappa shape index (κ3) is 1.81. The molecule has 4 nitrogen and oxygen atoms in total. The number of amides is 1. The van der Waals surface area contributed by atoms with Crippen LogP contribution in [0.3, 0.4) is 0 Å². The van der Waals surface area contributed by atoms with E-state index in [1.165, 1.54) is 18.4 Å². The molecule has 0 aromatic carbocycles. The van der Waals surface area contributed by atoms with E-state index in [-0.39, 0.29) is 23.9 Å². The summed E-state index contributed by atoms with van der Waals surface area (Å²) in [5, 5.41) is 3.24. The summed E-state index contributed by atoms with van der Waals surface area (Å²) in [6.07, 6.45) is 8.35. The Morgan fingerprint density at radius 3 is 2.95 bits per heavy atom. The molecule has 1 amide bonds. The van der Waals surface area contributed by atoms with E-state index in [0.717, 1.165) is 31.4 Å². The van der Waals surface area contributed by atoms with Crippen molar-refractivity contribution in [2.75, 3.05) is 0 Å². The molecule has 0 spiro atoms. The van der Waals surface area contributed by atoms with Crippen molar-refractivity contribution in [2.45, 2.75) is 50.6 Å². The molecule has 5 unspecified atom stereocenters. The number of nitrogens with two attached hydrogens (primary N) is 1. The Kier molecular flexibility index (Phi) is 2.88. The van der Waals surface area contributed by atoms with Gasteiger partial charge in [0.05, 0.1) is 18.2 Å². The fourth-order valence-electron chi connectivity index (χ4n) is 4.63. The van der Waals surface area contributed by atoms with Gasteiger partial charge in [-0.05, 0) is 50.0 Å². The molecule has 0 saturated heterocycles. The van der Waals surface area contributed by atoms with Gasteiger partial charge in [-0.3, -0.25) is 4.79 Å². The van der Waals surface area contributed by atoms with Crippen LogP contribution >= 0.6 is 0 Å². The van der Waals surface area contributed by atoms with Crippen molar-refractivity contribution in [3.8, 4) is 0 Å². The fourth-order valence-corrected chi connectivity index (χ4v) is 4.63. The highest BCUT2D eigenvalue weighted by Crippen LogP contribution is 2.48. The van der Waals surface area contributed by atoms with Crippen LogP contribution in [0.1, 0.15) is 49.5 Å². The zero-order valence-electron chi connectivity index (χ0n) is 11.7. The third-order valence-electron chi connectivity index (χ3n) is 5.65. The van der Waals surface area contributed by atoms with Gasteiger partial charge in [-0.15, -0.1) is 0 Å². The van der Waals surface area contributed by atoms with Crippen LogP contribution in [-0.4, -0.2) is 11.9 Å². The summed E-state index contributed by atoms with van der Waals surface area (Å²) in [6, 6.07) is 2.19. The highest BCUT2D eigenvalue weighted by atomic mass is 16.3. The molecular formula is C16H22N2O2. The van der Waals surface area contributed by atoms with E-state index >= 15 is 0 Å². The van der Waals surface area contributed by atoms with Gasteiger partial charge in [-0.2, -0.15) is 0 Å². The number of carbonyl (C=O) groups is 1. The van der Waals surface area contributed by atoms with Crippen LogP contribution in [-0.2, 0) is 11.2 Å². The summed E-state index contributed by atoms with van der Waals surface area (Å²) in [7, 11) is 0. The molecule has 3 aliphatic carbocycles. The molecule has 2 bridgehead atoms. The van der Waals surface area contributed by atoms with Gasteiger partial charge in [0.1, 0.15) is 5.76 Å². The standard InChI is InChI=1S/C16H22N2O2/c17-15-10-5-4-9(8-10)14(15)16(19)18-12-2-1-3-13-11(12)6-7-20-13/h6-7,9-10,12,14-15H,1-5,8,17H2,(H,18,19). The lowest BCUT2D eigenvalue weighted by atomic mass is 9.83. The highest BCUT2D eigenvalue weighted by Gasteiger charge is 2.49. The number of aryl methyl sites for hydroxylation is 1. The lowest BCUT2D eigenvalue weighted by molar-refractivity contribution is -0.127. The number of fused-ring (bicyclic) bond motifs is 3. The van der Waals surface area contributed by atoms with E-state index in [1.54, 1.807) is 6.26 Å². The van der Waals surface area contributed by atoms with E-state index in [0.29, 0.717) is 11.8 Å². The summed E-state index contributed by atoms with van der Waals surface area (Å²) < 4.78 is 5.49. The Balaban J connectivity index is 1.49. The van der Waals surface area contributed by atoms with Gasteiger partial charge in [0.25, 0.3) is 0 Å². The number of hydrogen-bond acceptors (Lipinski definition) is 3. The molecule has 3 N–H and O–H groups in total. The minimum Gasteiger partial charge on any atom is -0.469 e. The van der Waals surface area contributed by atoms with Crippen molar-refractivity contribution < 1.29 is 9.21 Å². The Morgan fingerprint density at radius 2 is 2.15 bits per heavy atom. The average molecular weight is 274 g/mol. The predicted octanol–water partition coefficient (Wildman–Crippen LogP) is 2.15. The number of furan rings is 1. The van der Waals surface area contributed by atoms with Crippen LogP contribution in [0.2, 0.25) is 0 Å². The molecule has 4 rings (SSSR count). The van der Waals surface area contributed by atoms with Crippen molar-refractivity contribution in [1.82, 2.24) is 5.32 Å². The maximum absolute atomic E-state index is 12.6. The molecule has 4 heteroatoms. The van der Waals surface area contributed by atoms with Gasteiger partial charge in [0, 0.05) is 18.0 Å². The lowest BCUT2D eigenvalue weighted by Crippen LogP contribution is -2.46. The maximum atomic E-state index is 12.6. The van der Waals surface area contributed by atoms with Gasteiger partial charge >= 0.3 is 0 Å². The monoisotopic (exact) mass is 274 g/mol. The number of nitrogens with one attached hydrogen (secondary N) is 1. The Morgan fingerprint density at radius 1 is 1.30 bits per heavy atom. The zero-order valence-corrected chi connectivity index (χ0v) is 11.7. The SMILES string of the molecule is NC1C2CCC(C2)C1C(=O)NC1CCCc2occc21. The molecule has 1 heterocycles. The van der Waals surface area contributed by atoms with Crippen LogP contribution in [0.5, 0.6) is 0 Å². The second-order valence-electron chi connectivity index (χ2n) is 6.69. The largest absolute Gasteiger partial charge is 0.469 e. The van der Waals surface area contributed by atoms with Gasteiger partial charge in [-0.25, -0.2) is 0 Å². The van der Waals surface area contributed by atoms with E-state index in [1.807, 2.05) is 6.07 Å². The topological polar surface area (TPSA) is 68.3 Å². The quantitative estimate of drug-likeness (QED) is 0.868. The molecule has 20 heavy (non-hydrogen) atoms. The number of carbonyl (C=O) groups excluding carboxylic acids is 1. The highest BCUT2D eigenvalue weighted by molar-refractivity contribution is 5.81. The first-order chi connectivity index (χ1) is 9.74. The number of hydrogen-bond donors (Lipinski definition) is 2. The third-order valence-corrected chi connectivity index (χ3v) is 5.65. The Hall–Kier alpha value is -1.29. The average Bonchev–Trinajstić information content (AvgIpc) is 3.13. The fraction of sp³-hybridized carbons (Fsp3) is 0.688. The lowest BCUT2D eigenvalue weighted by Gasteiger charge is -2.30. The van der Waals surface area contributed by atoms with Crippen molar-refractivity contribution in [3.05, 3.63) is 23.7 Å². The normalized spacial score (nSPS) is 38.8. The van der Waals surface area contributed by atoms with Crippen LogP contribution < -0.4 is 11.1 Å². The van der Waals surface area contributed by atoms with Gasteiger partial charge in [0.2, 0.25) is 5.91 Å². The van der Waals surface area contributed by atoms with Crippen molar-refractivity contribution in [3.63, 3.8) is 0 Å². The Bertz CT molecular complexity index is 522.